The van der Waals surface area contributed by atoms with Gasteiger partial charge in [-0.25, -0.2) is 0 Å². The molecular formula is C31H31NO3S. The fraction of sp³-hybridized carbons (Fsp3) is 0.290. The second-order valence-electron chi connectivity index (χ2n) is 11.7. The molecule has 4 aromatic rings. The van der Waals surface area contributed by atoms with E-state index in [1.54, 1.807) is 0 Å². The highest BCUT2D eigenvalue weighted by molar-refractivity contribution is 7.16. The van der Waals surface area contributed by atoms with Crippen molar-refractivity contribution < 1.29 is 9.90 Å². The zero-order valence-electron chi connectivity index (χ0n) is 21.5. The molecule has 184 valence electrons. The second kappa shape index (κ2) is 8.31. The summed E-state index contributed by atoms with van der Waals surface area (Å²) < 4.78 is 0.787. The number of aromatic amines is 1. The van der Waals surface area contributed by atoms with Crippen molar-refractivity contribution in [1.29, 1.82) is 0 Å². The van der Waals surface area contributed by atoms with Crippen LogP contribution in [0.5, 0.6) is 5.75 Å². The summed E-state index contributed by atoms with van der Waals surface area (Å²) in [4.78, 5) is 28.6. The Labute approximate surface area is 215 Å². The molecule has 0 radical (unpaired) electrons. The monoisotopic (exact) mass is 497 g/mol. The number of fused-ring (bicyclic) bond motifs is 2. The zero-order valence-corrected chi connectivity index (χ0v) is 22.3. The molecule has 0 aliphatic heterocycles. The topological polar surface area (TPSA) is 70.2 Å². The van der Waals surface area contributed by atoms with Gasteiger partial charge in [-0.15, -0.1) is 0 Å². The predicted molar refractivity (Wildman–Crippen MR) is 149 cm³/mol. The number of allylic oxidation sites excluding steroid dienone is 1. The van der Waals surface area contributed by atoms with Crippen molar-refractivity contribution in [2.45, 2.75) is 58.3 Å². The van der Waals surface area contributed by atoms with Crippen molar-refractivity contribution in [3.63, 3.8) is 0 Å². The van der Waals surface area contributed by atoms with Gasteiger partial charge in [0.2, 0.25) is 0 Å². The first-order chi connectivity index (χ1) is 16.8. The van der Waals surface area contributed by atoms with Gasteiger partial charge < -0.3 is 10.1 Å². The third-order valence-corrected chi connectivity index (χ3v) is 7.77. The van der Waals surface area contributed by atoms with Crippen molar-refractivity contribution in [3.8, 4) is 5.75 Å². The molecule has 0 spiro atoms. The van der Waals surface area contributed by atoms with Gasteiger partial charge in [0.1, 0.15) is 5.75 Å². The summed E-state index contributed by atoms with van der Waals surface area (Å²) in [6.45, 7) is 12.5. The molecule has 1 aliphatic carbocycles. The minimum Gasteiger partial charge on any atom is -0.507 e. The summed E-state index contributed by atoms with van der Waals surface area (Å²) in [5.41, 5.74) is 6.11. The summed E-state index contributed by atoms with van der Waals surface area (Å²) in [5, 5.41) is 11.2. The van der Waals surface area contributed by atoms with Gasteiger partial charge in [0, 0.05) is 28.2 Å². The van der Waals surface area contributed by atoms with Crippen LogP contribution in [0.1, 0.15) is 85.6 Å². The number of aromatic hydroxyl groups is 1. The minimum absolute atomic E-state index is 0.0238. The third kappa shape index (κ3) is 4.11. The Morgan fingerprint density at radius 1 is 0.889 bits per heavy atom. The highest BCUT2D eigenvalue weighted by atomic mass is 32.1. The Morgan fingerprint density at radius 3 is 2.08 bits per heavy atom. The number of carbonyl (C=O) groups excluding carboxylic acids is 1. The van der Waals surface area contributed by atoms with E-state index in [1.807, 2.05) is 60.7 Å². The summed E-state index contributed by atoms with van der Waals surface area (Å²) in [7, 11) is 0. The van der Waals surface area contributed by atoms with Gasteiger partial charge in [-0.05, 0) is 57.9 Å². The van der Waals surface area contributed by atoms with E-state index < -0.39 is 0 Å². The summed E-state index contributed by atoms with van der Waals surface area (Å²) in [6, 6.07) is 17.8. The molecule has 1 aromatic heterocycles. The highest BCUT2D eigenvalue weighted by Gasteiger charge is 2.36. The number of rotatable bonds is 2. The molecule has 2 N–H and O–H groups in total. The molecule has 5 heteroatoms. The van der Waals surface area contributed by atoms with Gasteiger partial charge in [0.25, 0.3) is 0 Å². The number of hydrogen-bond acceptors (Lipinski definition) is 4. The van der Waals surface area contributed by atoms with Crippen LogP contribution in [0.2, 0.25) is 0 Å². The quantitative estimate of drug-likeness (QED) is 0.285. The first-order valence-corrected chi connectivity index (χ1v) is 13.0. The second-order valence-corrected chi connectivity index (χ2v) is 12.7. The molecule has 0 saturated carbocycles. The number of hydrogen-bond donors (Lipinski definition) is 2. The van der Waals surface area contributed by atoms with Gasteiger partial charge in [-0.1, -0.05) is 83.2 Å². The normalized spacial score (nSPS) is 17.2. The Kier molecular flexibility index (Phi) is 5.60. The van der Waals surface area contributed by atoms with Crippen LogP contribution in [-0.4, -0.2) is 15.9 Å². The lowest BCUT2D eigenvalue weighted by Gasteiger charge is -2.28. The SMILES string of the molecule is CC(C)(C)c1cc(C=C2C(=O)c3cc4sc(=O)[nH]c4cc3C2c2ccccc2)cc(C(C)(C)C)c1O. The Bertz CT molecular complexity index is 1560. The summed E-state index contributed by atoms with van der Waals surface area (Å²) >= 11 is 1.12. The van der Waals surface area contributed by atoms with Crippen LogP contribution >= 0.6 is 11.3 Å². The van der Waals surface area contributed by atoms with Crippen molar-refractivity contribution in [2.24, 2.45) is 0 Å². The standard InChI is InChI=1S/C31H31NO3S/c1-30(2,3)22-13-17(14-23(28(22)34)31(4,5)6)12-21-26(18-10-8-7-9-11-18)19-15-24-25(36-29(35)32-24)16-20(19)27(21)33/h7-16,26,34H,1-6H3,(H,32,35). The Morgan fingerprint density at radius 2 is 1.50 bits per heavy atom. The molecule has 1 atom stereocenters. The van der Waals surface area contributed by atoms with E-state index in [0.29, 0.717) is 16.9 Å². The fourth-order valence-electron chi connectivity index (χ4n) is 5.12. The molecule has 0 amide bonds. The van der Waals surface area contributed by atoms with E-state index in [1.165, 1.54) is 0 Å². The lowest BCUT2D eigenvalue weighted by Crippen LogP contribution is -2.17. The van der Waals surface area contributed by atoms with Gasteiger partial charge in [0.15, 0.2) is 5.78 Å². The van der Waals surface area contributed by atoms with E-state index in [2.05, 4.69) is 46.5 Å². The molecule has 5 rings (SSSR count). The molecule has 1 aliphatic rings. The number of nitrogens with one attached hydrogen (secondary N) is 1. The number of phenolic OH excluding ortho intramolecular Hbond substituents is 1. The van der Waals surface area contributed by atoms with E-state index in [-0.39, 0.29) is 27.4 Å². The van der Waals surface area contributed by atoms with Crippen molar-refractivity contribution in [2.75, 3.05) is 0 Å². The number of ketones is 1. The number of carbonyl (C=O) groups is 1. The van der Waals surface area contributed by atoms with Crippen molar-refractivity contribution >= 4 is 33.4 Å². The lowest BCUT2D eigenvalue weighted by atomic mass is 9.78. The maximum Gasteiger partial charge on any atom is 0.305 e. The van der Waals surface area contributed by atoms with E-state index in [0.717, 1.165) is 49.4 Å². The highest BCUT2D eigenvalue weighted by Crippen LogP contribution is 2.46. The predicted octanol–water partition coefficient (Wildman–Crippen LogP) is 7.30. The maximum atomic E-state index is 13.9. The minimum atomic E-state index is -0.268. The van der Waals surface area contributed by atoms with E-state index in [9.17, 15) is 14.7 Å². The molecule has 0 bridgehead atoms. The number of Topliss-reactive ketones (excluding diaryl/α,β-unsaturated/α-hetero) is 1. The number of benzene rings is 3. The molecule has 3 aromatic carbocycles. The van der Waals surface area contributed by atoms with Gasteiger partial charge >= 0.3 is 4.87 Å². The molecule has 0 saturated heterocycles. The van der Waals surface area contributed by atoms with Gasteiger partial charge in [-0.2, -0.15) is 0 Å². The number of H-pyrrole nitrogens is 1. The van der Waals surface area contributed by atoms with Crippen LogP contribution in [0.15, 0.2) is 65.0 Å². The van der Waals surface area contributed by atoms with Gasteiger partial charge in [0.05, 0.1) is 10.2 Å². The van der Waals surface area contributed by atoms with Crippen molar-refractivity contribution in [1.82, 2.24) is 4.98 Å². The zero-order chi connectivity index (χ0) is 26.0. The molecular weight excluding hydrogens is 466 g/mol. The summed E-state index contributed by atoms with van der Waals surface area (Å²) in [6.07, 6.45) is 1.99. The first kappa shape index (κ1) is 24.3. The number of aromatic nitrogens is 1. The summed E-state index contributed by atoms with van der Waals surface area (Å²) in [5.74, 6) is 0.0535. The smallest absolute Gasteiger partial charge is 0.305 e. The largest absolute Gasteiger partial charge is 0.507 e. The number of phenols is 1. The molecule has 0 fully saturated rings. The average molecular weight is 498 g/mol. The van der Waals surface area contributed by atoms with Crippen LogP contribution in [0.25, 0.3) is 16.3 Å². The molecule has 36 heavy (non-hydrogen) atoms. The van der Waals surface area contributed by atoms with E-state index in [4.69, 9.17) is 0 Å². The van der Waals surface area contributed by atoms with Crippen LogP contribution < -0.4 is 4.87 Å². The van der Waals surface area contributed by atoms with E-state index >= 15 is 0 Å². The fourth-order valence-corrected chi connectivity index (χ4v) is 5.88. The Hall–Kier alpha value is -3.44. The van der Waals surface area contributed by atoms with Crippen LogP contribution in [0.4, 0.5) is 0 Å². The number of thiazole rings is 1. The third-order valence-electron chi connectivity index (χ3n) is 6.92. The van der Waals surface area contributed by atoms with Crippen LogP contribution in [-0.2, 0) is 10.8 Å². The molecule has 4 nitrogen and oxygen atoms in total. The van der Waals surface area contributed by atoms with Crippen molar-refractivity contribution in [3.05, 3.63) is 103 Å². The Balaban J connectivity index is 1.76. The maximum absolute atomic E-state index is 13.9. The average Bonchev–Trinajstić information content (AvgIpc) is 3.28. The first-order valence-electron chi connectivity index (χ1n) is 12.2. The van der Waals surface area contributed by atoms with Gasteiger partial charge in [-0.3, -0.25) is 9.59 Å². The van der Waals surface area contributed by atoms with Crippen LogP contribution in [0, 0.1) is 0 Å². The lowest BCUT2D eigenvalue weighted by molar-refractivity contribution is 0.103. The van der Waals surface area contributed by atoms with Crippen LogP contribution in [0.3, 0.4) is 0 Å². The molecule has 1 heterocycles. The molecule has 1 unspecified atom stereocenters.